The van der Waals surface area contributed by atoms with Crippen LogP contribution < -0.4 is 4.74 Å². The van der Waals surface area contributed by atoms with Crippen molar-refractivity contribution >= 4 is 27.8 Å². The molecule has 9 heteroatoms. The second kappa shape index (κ2) is 9.38. The molecule has 1 unspecified atom stereocenters. The zero-order valence-corrected chi connectivity index (χ0v) is 22.0. The number of fused-ring (bicyclic) bond motifs is 2. The average Bonchev–Trinajstić information content (AvgIpc) is 3.57. The minimum absolute atomic E-state index is 0.191. The lowest BCUT2D eigenvalue weighted by Gasteiger charge is -2.16. The Balaban J connectivity index is 1.48. The maximum Gasteiger partial charge on any atom is 0.352 e. The van der Waals surface area contributed by atoms with Gasteiger partial charge in [0.25, 0.3) is 0 Å². The van der Waals surface area contributed by atoms with Gasteiger partial charge in [-0.1, -0.05) is 26.8 Å². The highest BCUT2D eigenvalue weighted by atomic mass is 16.5. The van der Waals surface area contributed by atoms with E-state index in [2.05, 4.69) is 64.1 Å². The monoisotopic (exact) mass is 500 g/mol. The van der Waals surface area contributed by atoms with Gasteiger partial charge in [-0.2, -0.15) is 4.80 Å². The van der Waals surface area contributed by atoms with Crippen LogP contribution in [0.15, 0.2) is 36.5 Å². The Hall–Kier alpha value is -4.14. The number of tetrazole rings is 1. The largest absolute Gasteiger partial charge is 0.496 e. The molecule has 0 aliphatic heterocycles. The van der Waals surface area contributed by atoms with Gasteiger partial charge in [0.1, 0.15) is 11.4 Å². The molecule has 0 amide bonds. The summed E-state index contributed by atoms with van der Waals surface area (Å²) < 4.78 is 7.87. The van der Waals surface area contributed by atoms with Gasteiger partial charge in [-0.05, 0) is 71.3 Å². The van der Waals surface area contributed by atoms with Crippen LogP contribution in [-0.4, -0.2) is 47.9 Å². The number of aryl methyl sites for hydroxylation is 3. The summed E-state index contributed by atoms with van der Waals surface area (Å²) in [4.78, 5) is 16.4. The molecule has 0 saturated heterocycles. The van der Waals surface area contributed by atoms with E-state index in [1.54, 1.807) is 14.2 Å². The Morgan fingerprint density at radius 1 is 1.16 bits per heavy atom. The fraction of sp³-hybridized carbons (Fsp3) is 0.357. The third kappa shape index (κ3) is 4.24. The van der Waals surface area contributed by atoms with Gasteiger partial charge in [-0.25, -0.2) is 4.79 Å². The quantitative estimate of drug-likeness (QED) is 0.285. The molecule has 0 spiro atoms. The summed E-state index contributed by atoms with van der Waals surface area (Å²) in [5.41, 5.74) is 6.23. The number of ether oxygens (including phenoxy) is 1. The number of rotatable bonds is 8. The van der Waals surface area contributed by atoms with Gasteiger partial charge < -0.3 is 19.4 Å². The van der Waals surface area contributed by atoms with E-state index >= 15 is 0 Å². The first-order chi connectivity index (χ1) is 17.7. The van der Waals surface area contributed by atoms with Gasteiger partial charge in [-0.15, -0.1) is 10.2 Å². The number of hydrogen-bond donors (Lipinski definition) is 2. The minimum Gasteiger partial charge on any atom is -0.496 e. The molecule has 3 aromatic heterocycles. The molecule has 3 heterocycles. The number of carboxylic acid groups (broad SMARTS) is 1. The molecule has 37 heavy (non-hydrogen) atoms. The second-order valence-electron chi connectivity index (χ2n) is 9.99. The molecule has 2 N–H and O–H groups in total. The van der Waals surface area contributed by atoms with Crippen LogP contribution in [0.3, 0.4) is 0 Å². The van der Waals surface area contributed by atoms with E-state index < -0.39 is 5.97 Å². The van der Waals surface area contributed by atoms with E-state index in [4.69, 9.17) is 4.74 Å². The summed E-state index contributed by atoms with van der Waals surface area (Å²) in [6, 6.07) is 10.3. The maximum atomic E-state index is 11.8. The molecule has 192 valence electrons. The van der Waals surface area contributed by atoms with Crippen LogP contribution in [0.2, 0.25) is 0 Å². The third-order valence-electron chi connectivity index (χ3n) is 7.27. The number of carbonyl (C=O) groups is 1. The Kier molecular flexibility index (Phi) is 6.23. The van der Waals surface area contributed by atoms with Crippen molar-refractivity contribution in [3.8, 4) is 17.1 Å². The fourth-order valence-corrected chi connectivity index (χ4v) is 5.24. The number of aromatic carboxylic acids is 1. The zero-order chi connectivity index (χ0) is 26.4. The normalized spacial score (nSPS) is 12.6. The zero-order valence-electron chi connectivity index (χ0n) is 22.0. The predicted octanol–water partition coefficient (Wildman–Crippen LogP) is 5.65. The summed E-state index contributed by atoms with van der Waals surface area (Å²) >= 11 is 0. The smallest absolute Gasteiger partial charge is 0.352 e. The lowest BCUT2D eigenvalue weighted by molar-refractivity contribution is 0.0690. The van der Waals surface area contributed by atoms with Crippen molar-refractivity contribution in [2.75, 3.05) is 7.11 Å². The maximum absolute atomic E-state index is 11.8. The predicted molar refractivity (Wildman–Crippen MR) is 143 cm³/mol. The molecule has 0 radical (unpaired) electrons. The van der Waals surface area contributed by atoms with Gasteiger partial charge in [-0.3, -0.25) is 0 Å². The van der Waals surface area contributed by atoms with Gasteiger partial charge in [0.05, 0.1) is 19.7 Å². The Labute approximate surface area is 215 Å². The molecule has 2 aromatic carbocycles. The van der Waals surface area contributed by atoms with E-state index in [1.165, 1.54) is 21.3 Å². The highest BCUT2D eigenvalue weighted by Crippen LogP contribution is 2.37. The Bertz CT molecular complexity index is 1620. The lowest BCUT2D eigenvalue weighted by atomic mass is 9.94. The van der Waals surface area contributed by atoms with E-state index in [9.17, 15) is 9.90 Å². The number of nitrogens with zero attached hydrogens (tertiary/aromatic N) is 5. The fourth-order valence-electron chi connectivity index (χ4n) is 5.24. The van der Waals surface area contributed by atoms with Crippen LogP contribution in [0, 0.1) is 6.92 Å². The first kappa shape index (κ1) is 24.5. The molecule has 9 nitrogen and oxygen atoms in total. The summed E-state index contributed by atoms with van der Waals surface area (Å²) in [7, 11) is 3.37. The van der Waals surface area contributed by atoms with E-state index in [-0.39, 0.29) is 11.6 Å². The van der Waals surface area contributed by atoms with Crippen molar-refractivity contribution in [2.24, 2.45) is 7.05 Å². The molecule has 0 aliphatic rings. The molecule has 0 saturated carbocycles. The van der Waals surface area contributed by atoms with Crippen LogP contribution >= 0.6 is 0 Å². The van der Waals surface area contributed by atoms with Crippen molar-refractivity contribution in [3.63, 3.8) is 0 Å². The number of aromatic nitrogens is 6. The SMILES string of the molecule is COc1ccc(C(C)CCn2cc(C(C)C)c3cc(-c4nnn(C)n4)ccc32)c2[nH]c(C(=O)O)c(C)c12. The molecule has 1 atom stereocenters. The number of aromatic amines is 1. The topological polar surface area (TPSA) is 111 Å². The Morgan fingerprint density at radius 2 is 1.95 bits per heavy atom. The van der Waals surface area contributed by atoms with E-state index in [1.807, 2.05) is 25.1 Å². The van der Waals surface area contributed by atoms with Gasteiger partial charge in [0.2, 0.25) is 5.82 Å². The first-order valence-corrected chi connectivity index (χ1v) is 12.5. The summed E-state index contributed by atoms with van der Waals surface area (Å²) in [5, 5.41) is 24.2. The molecule has 5 aromatic rings. The number of benzene rings is 2. The first-order valence-electron chi connectivity index (χ1n) is 12.5. The molecular formula is C28H32N6O3. The van der Waals surface area contributed by atoms with Crippen LogP contribution in [0.4, 0.5) is 0 Å². The number of H-pyrrole nitrogens is 1. The molecule has 5 rings (SSSR count). The van der Waals surface area contributed by atoms with Crippen molar-refractivity contribution in [1.29, 1.82) is 0 Å². The van der Waals surface area contributed by atoms with E-state index in [0.29, 0.717) is 23.1 Å². The molecule has 0 bridgehead atoms. The van der Waals surface area contributed by atoms with Crippen LogP contribution in [0.5, 0.6) is 5.75 Å². The van der Waals surface area contributed by atoms with Gasteiger partial charge in [0, 0.05) is 34.6 Å². The van der Waals surface area contributed by atoms with Crippen molar-refractivity contribution in [2.45, 2.75) is 52.5 Å². The van der Waals surface area contributed by atoms with Crippen LogP contribution in [0.25, 0.3) is 33.2 Å². The number of carboxylic acids is 1. The van der Waals surface area contributed by atoms with Crippen LogP contribution in [0.1, 0.15) is 66.2 Å². The summed E-state index contributed by atoms with van der Waals surface area (Å²) in [6.45, 7) is 9.24. The van der Waals surface area contributed by atoms with Crippen molar-refractivity contribution in [1.82, 2.24) is 29.8 Å². The van der Waals surface area contributed by atoms with Crippen molar-refractivity contribution < 1.29 is 14.6 Å². The highest BCUT2D eigenvalue weighted by Gasteiger charge is 2.22. The van der Waals surface area contributed by atoms with Crippen molar-refractivity contribution in [3.05, 3.63) is 58.9 Å². The van der Waals surface area contributed by atoms with Gasteiger partial charge in [0.15, 0.2) is 0 Å². The molecular weight excluding hydrogens is 468 g/mol. The molecule has 0 fully saturated rings. The van der Waals surface area contributed by atoms with Crippen LogP contribution in [-0.2, 0) is 13.6 Å². The van der Waals surface area contributed by atoms with E-state index in [0.717, 1.165) is 35.0 Å². The van der Waals surface area contributed by atoms with Gasteiger partial charge >= 0.3 is 5.97 Å². The number of methoxy groups -OCH3 is 1. The Morgan fingerprint density at radius 3 is 2.59 bits per heavy atom. The third-order valence-corrected chi connectivity index (χ3v) is 7.27. The number of hydrogen-bond acceptors (Lipinski definition) is 5. The summed E-state index contributed by atoms with van der Waals surface area (Å²) in [5.74, 6) is 0.884. The lowest BCUT2D eigenvalue weighted by Crippen LogP contribution is -2.03. The minimum atomic E-state index is -0.967. The standard InChI is InChI=1S/C28H32N6O3/c1-15(2)21-14-34(22-9-7-18(13-20(21)22)27-30-32-33(5)31-27)12-11-16(3)19-8-10-23(37-6)24-17(4)25(28(35)36)29-26(19)24/h7-10,13-16,29H,11-12H2,1-6H3,(H,35,36). The molecule has 0 aliphatic carbocycles. The summed E-state index contributed by atoms with van der Waals surface area (Å²) in [6.07, 6.45) is 3.14. The highest BCUT2D eigenvalue weighted by molar-refractivity contribution is 6.01. The number of nitrogens with one attached hydrogen (secondary N) is 1. The average molecular weight is 501 g/mol. The second-order valence-corrected chi connectivity index (χ2v) is 9.99.